The molecule has 22 heavy (non-hydrogen) atoms. The van der Waals surface area contributed by atoms with Crippen molar-refractivity contribution in [2.24, 2.45) is 0 Å². The Bertz CT molecular complexity index is 768. The first-order chi connectivity index (χ1) is 10.4. The van der Waals surface area contributed by atoms with Crippen molar-refractivity contribution in [3.05, 3.63) is 62.8 Å². The van der Waals surface area contributed by atoms with Gasteiger partial charge >= 0.3 is 0 Å². The number of aromatic amines is 1. The van der Waals surface area contributed by atoms with Gasteiger partial charge in [-0.3, -0.25) is 9.59 Å². The summed E-state index contributed by atoms with van der Waals surface area (Å²) in [6, 6.07) is 5.80. The van der Waals surface area contributed by atoms with Crippen molar-refractivity contribution in [2.45, 2.75) is 20.4 Å². The molecule has 2 N–H and O–H groups in total. The van der Waals surface area contributed by atoms with Crippen molar-refractivity contribution in [2.75, 3.05) is 7.11 Å². The number of halogens is 1. The Balaban J connectivity index is 2.16. The van der Waals surface area contributed by atoms with E-state index in [0.717, 1.165) is 17.3 Å². The molecule has 6 heteroatoms. The van der Waals surface area contributed by atoms with E-state index in [1.165, 1.54) is 19.2 Å². The van der Waals surface area contributed by atoms with Gasteiger partial charge in [-0.05, 0) is 37.6 Å². The second-order valence-corrected chi connectivity index (χ2v) is 4.97. The second kappa shape index (κ2) is 6.43. The number of amides is 1. The molecule has 0 bridgehead atoms. The maximum Gasteiger partial charge on any atom is 0.254 e. The van der Waals surface area contributed by atoms with Gasteiger partial charge < -0.3 is 15.0 Å². The summed E-state index contributed by atoms with van der Waals surface area (Å²) in [4.78, 5) is 26.6. The Hall–Kier alpha value is -2.63. The summed E-state index contributed by atoms with van der Waals surface area (Å²) >= 11 is 0. The lowest BCUT2D eigenvalue weighted by Gasteiger charge is -2.09. The molecule has 0 aliphatic heterocycles. The number of pyridine rings is 1. The first kappa shape index (κ1) is 15.8. The van der Waals surface area contributed by atoms with Crippen molar-refractivity contribution in [1.29, 1.82) is 0 Å². The fourth-order valence-corrected chi connectivity index (χ4v) is 2.17. The van der Waals surface area contributed by atoms with E-state index in [1.807, 2.05) is 6.07 Å². The van der Waals surface area contributed by atoms with Crippen LogP contribution >= 0.6 is 0 Å². The largest absolute Gasteiger partial charge is 0.497 e. The predicted octanol–water partition coefficient (Wildman–Crippen LogP) is 2.07. The number of rotatable bonds is 4. The molecule has 2 aromatic rings. The number of aryl methyl sites for hydroxylation is 2. The van der Waals surface area contributed by atoms with Gasteiger partial charge in [0.1, 0.15) is 11.6 Å². The van der Waals surface area contributed by atoms with Gasteiger partial charge in [-0.1, -0.05) is 0 Å². The highest BCUT2D eigenvalue weighted by Crippen LogP contribution is 2.16. The van der Waals surface area contributed by atoms with Gasteiger partial charge in [0.25, 0.3) is 11.5 Å². The zero-order chi connectivity index (χ0) is 16.3. The van der Waals surface area contributed by atoms with Gasteiger partial charge in [0, 0.05) is 23.9 Å². The zero-order valence-electron chi connectivity index (χ0n) is 12.6. The number of benzene rings is 1. The lowest BCUT2D eigenvalue weighted by molar-refractivity contribution is 0.0946. The Morgan fingerprint density at radius 3 is 2.64 bits per heavy atom. The first-order valence-corrected chi connectivity index (χ1v) is 6.73. The average Bonchev–Trinajstić information content (AvgIpc) is 2.45. The summed E-state index contributed by atoms with van der Waals surface area (Å²) in [6.07, 6.45) is 0. The SMILES string of the molecule is COc1ccc(C(=O)NCc2c(C)cc(C)[nH]c2=O)c(F)c1. The monoisotopic (exact) mass is 304 g/mol. The third kappa shape index (κ3) is 3.33. The molecule has 0 fully saturated rings. The van der Waals surface area contributed by atoms with Crippen LogP contribution in [0.4, 0.5) is 4.39 Å². The molecule has 0 aliphatic carbocycles. The highest BCUT2D eigenvalue weighted by molar-refractivity contribution is 5.94. The Morgan fingerprint density at radius 1 is 1.32 bits per heavy atom. The smallest absolute Gasteiger partial charge is 0.254 e. The topological polar surface area (TPSA) is 71.2 Å². The number of hydrogen-bond acceptors (Lipinski definition) is 3. The maximum absolute atomic E-state index is 13.8. The summed E-state index contributed by atoms with van der Waals surface area (Å²) < 4.78 is 18.7. The van der Waals surface area contributed by atoms with Crippen molar-refractivity contribution in [3.63, 3.8) is 0 Å². The summed E-state index contributed by atoms with van der Waals surface area (Å²) in [5, 5.41) is 2.55. The van der Waals surface area contributed by atoms with Gasteiger partial charge in [-0.2, -0.15) is 0 Å². The molecule has 0 saturated heterocycles. The van der Waals surface area contributed by atoms with E-state index < -0.39 is 11.7 Å². The van der Waals surface area contributed by atoms with Crippen LogP contribution in [0.5, 0.6) is 5.75 Å². The molecular formula is C16H17FN2O3. The van der Waals surface area contributed by atoms with E-state index in [-0.39, 0.29) is 17.7 Å². The molecule has 1 aromatic carbocycles. The van der Waals surface area contributed by atoms with E-state index in [1.54, 1.807) is 13.8 Å². The van der Waals surface area contributed by atoms with E-state index in [9.17, 15) is 14.0 Å². The van der Waals surface area contributed by atoms with Crippen LogP contribution in [0.3, 0.4) is 0 Å². The maximum atomic E-state index is 13.8. The van der Waals surface area contributed by atoms with Gasteiger partial charge in [-0.25, -0.2) is 4.39 Å². The average molecular weight is 304 g/mol. The normalized spacial score (nSPS) is 10.4. The molecular weight excluding hydrogens is 287 g/mol. The number of H-pyrrole nitrogens is 1. The number of carbonyl (C=O) groups is 1. The van der Waals surface area contributed by atoms with Crippen molar-refractivity contribution < 1.29 is 13.9 Å². The molecule has 0 atom stereocenters. The lowest BCUT2D eigenvalue weighted by atomic mass is 10.1. The van der Waals surface area contributed by atoms with E-state index in [0.29, 0.717) is 11.3 Å². The lowest BCUT2D eigenvalue weighted by Crippen LogP contribution is -2.28. The fraction of sp³-hybridized carbons (Fsp3) is 0.250. The Morgan fingerprint density at radius 2 is 2.05 bits per heavy atom. The first-order valence-electron chi connectivity index (χ1n) is 6.73. The molecule has 116 valence electrons. The van der Waals surface area contributed by atoms with Gasteiger partial charge in [0.2, 0.25) is 0 Å². The number of carbonyl (C=O) groups excluding carboxylic acids is 1. The number of methoxy groups -OCH3 is 1. The van der Waals surface area contributed by atoms with Crippen LogP contribution in [0.1, 0.15) is 27.2 Å². The molecule has 0 unspecified atom stereocenters. The minimum atomic E-state index is -0.675. The summed E-state index contributed by atoms with van der Waals surface area (Å²) in [7, 11) is 1.42. The fourth-order valence-electron chi connectivity index (χ4n) is 2.17. The van der Waals surface area contributed by atoms with Crippen LogP contribution in [0.15, 0.2) is 29.1 Å². The number of hydrogen-bond donors (Lipinski definition) is 2. The van der Waals surface area contributed by atoms with Crippen LogP contribution in [-0.2, 0) is 6.54 Å². The van der Waals surface area contributed by atoms with E-state index >= 15 is 0 Å². The van der Waals surface area contributed by atoms with Gasteiger partial charge in [-0.15, -0.1) is 0 Å². The summed E-state index contributed by atoms with van der Waals surface area (Å²) in [6.45, 7) is 3.60. The third-order valence-electron chi connectivity index (χ3n) is 3.34. The molecule has 1 amide bonds. The van der Waals surface area contributed by atoms with Crippen LogP contribution < -0.4 is 15.6 Å². The molecule has 1 heterocycles. The van der Waals surface area contributed by atoms with E-state index in [4.69, 9.17) is 4.74 Å². The standard InChI is InChI=1S/C16H17FN2O3/c1-9-6-10(2)19-16(21)13(9)8-18-15(20)12-5-4-11(22-3)7-14(12)17/h4-7H,8H2,1-3H3,(H,18,20)(H,19,21). The molecule has 1 aromatic heterocycles. The third-order valence-corrected chi connectivity index (χ3v) is 3.34. The minimum absolute atomic E-state index is 0.0335. The summed E-state index contributed by atoms with van der Waals surface area (Å²) in [5.41, 5.74) is 1.62. The van der Waals surface area contributed by atoms with Crippen molar-refractivity contribution in [3.8, 4) is 5.75 Å². The number of ether oxygens (including phenoxy) is 1. The highest BCUT2D eigenvalue weighted by Gasteiger charge is 2.13. The second-order valence-electron chi connectivity index (χ2n) is 4.97. The molecule has 2 rings (SSSR count). The van der Waals surface area contributed by atoms with Crippen LogP contribution in [0.25, 0.3) is 0 Å². The van der Waals surface area contributed by atoms with Crippen LogP contribution in [0.2, 0.25) is 0 Å². The Labute approximate surface area is 127 Å². The number of aromatic nitrogens is 1. The van der Waals surface area contributed by atoms with Gasteiger partial charge in [0.15, 0.2) is 0 Å². The molecule has 0 spiro atoms. The van der Waals surface area contributed by atoms with Crippen LogP contribution in [-0.4, -0.2) is 18.0 Å². The highest BCUT2D eigenvalue weighted by atomic mass is 19.1. The molecule has 0 radical (unpaired) electrons. The van der Waals surface area contributed by atoms with Crippen molar-refractivity contribution in [1.82, 2.24) is 10.3 Å². The Kier molecular flexibility index (Phi) is 4.60. The molecule has 5 nitrogen and oxygen atoms in total. The predicted molar refractivity (Wildman–Crippen MR) is 80.7 cm³/mol. The van der Waals surface area contributed by atoms with Crippen molar-refractivity contribution >= 4 is 5.91 Å². The molecule has 0 saturated carbocycles. The van der Waals surface area contributed by atoms with E-state index in [2.05, 4.69) is 10.3 Å². The summed E-state index contributed by atoms with van der Waals surface area (Å²) in [5.74, 6) is -0.925. The zero-order valence-corrected chi connectivity index (χ0v) is 12.6. The van der Waals surface area contributed by atoms with Crippen LogP contribution in [0, 0.1) is 19.7 Å². The molecule has 0 aliphatic rings. The van der Waals surface area contributed by atoms with Gasteiger partial charge in [0.05, 0.1) is 12.7 Å². The minimum Gasteiger partial charge on any atom is -0.497 e. The number of nitrogens with one attached hydrogen (secondary N) is 2. The quantitative estimate of drug-likeness (QED) is 0.908.